The predicted molar refractivity (Wildman–Crippen MR) is 85.4 cm³/mol. The van der Waals surface area contributed by atoms with Gasteiger partial charge in [0.25, 0.3) is 0 Å². The fourth-order valence-corrected chi connectivity index (χ4v) is 1.86. The molecule has 0 N–H and O–H groups in total. The quantitative estimate of drug-likeness (QED) is 0.755. The number of halogens is 1. The number of benzene rings is 1. The lowest BCUT2D eigenvalue weighted by Crippen LogP contribution is -2.13. The van der Waals surface area contributed by atoms with E-state index >= 15 is 0 Å². The molecule has 6 heteroatoms. The van der Waals surface area contributed by atoms with Gasteiger partial charge in [-0.3, -0.25) is 0 Å². The number of ether oxygens (including phenoxy) is 2. The van der Waals surface area contributed by atoms with Crippen LogP contribution < -0.4 is 0 Å². The molecule has 0 atom stereocenters. The molecule has 2 aromatic rings. The Morgan fingerprint density at radius 2 is 1.61 bits per heavy atom. The van der Waals surface area contributed by atoms with Crippen molar-refractivity contribution in [3.8, 4) is 0 Å². The molecule has 0 radical (unpaired) electrons. The van der Waals surface area contributed by atoms with Crippen LogP contribution in [0, 0.1) is 0 Å². The lowest BCUT2D eigenvalue weighted by molar-refractivity contribution is 0.0463. The maximum atomic E-state index is 12.0. The molecular weight excluding hydrogens is 318 g/mol. The molecule has 2 rings (SSSR count). The van der Waals surface area contributed by atoms with E-state index in [1.807, 2.05) is 6.92 Å². The monoisotopic (exact) mass is 333 g/mol. The van der Waals surface area contributed by atoms with E-state index in [1.54, 1.807) is 30.3 Å². The van der Waals surface area contributed by atoms with Gasteiger partial charge in [0.15, 0.2) is 0 Å². The number of pyridine rings is 1. The van der Waals surface area contributed by atoms with Crippen LogP contribution in [0.1, 0.15) is 39.9 Å². The van der Waals surface area contributed by atoms with Crippen LogP contribution in [-0.2, 0) is 16.1 Å². The van der Waals surface area contributed by atoms with Gasteiger partial charge in [0.2, 0.25) is 0 Å². The topological polar surface area (TPSA) is 65.5 Å². The van der Waals surface area contributed by atoms with Gasteiger partial charge in [0.1, 0.15) is 18.0 Å². The smallest absolute Gasteiger partial charge is 0.357 e. The van der Waals surface area contributed by atoms with Crippen molar-refractivity contribution in [2.45, 2.75) is 20.0 Å². The number of esters is 2. The Morgan fingerprint density at radius 3 is 2.22 bits per heavy atom. The van der Waals surface area contributed by atoms with Crippen LogP contribution in [0.2, 0.25) is 5.02 Å². The highest BCUT2D eigenvalue weighted by Gasteiger charge is 2.14. The number of aromatic nitrogens is 1. The number of hydrogen-bond donors (Lipinski definition) is 0. The standard InChI is InChI=1S/C17H16ClNO4/c1-2-10-22-16(20)14-4-3-5-15(19-14)17(21)23-11-12-6-8-13(18)9-7-12/h3-9H,2,10-11H2,1H3. The lowest BCUT2D eigenvalue weighted by atomic mass is 10.2. The molecule has 1 heterocycles. The van der Waals surface area contributed by atoms with Gasteiger partial charge in [-0.15, -0.1) is 0 Å². The molecule has 1 aromatic carbocycles. The first kappa shape index (κ1) is 17.0. The fourth-order valence-electron chi connectivity index (χ4n) is 1.73. The van der Waals surface area contributed by atoms with Crippen LogP contribution in [0.25, 0.3) is 0 Å². The Kier molecular flexibility index (Phi) is 6.11. The summed E-state index contributed by atoms with van der Waals surface area (Å²) in [7, 11) is 0. The van der Waals surface area contributed by atoms with Crippen molar-refractivity contribution in [3.05, 3.63) is 64.4 Å². The Morgan fingerprint density at radius 1 is 1.00 bits per heavy atom. The number of nitrogens with zero attached hydrogens (tertiary/aromatic N) is 1. The molecule has 0 saturated heterocycles. The summed E-state index contributed by atoms with van der Waals surface area (Å²) < 4.78 is 10.2. The lowest BCUT2D eigenvalue weighted by Gasteiger charge is -2.06. The summed E-state index contributed by atoms with van der Waals surface area (Å²) in [6.07, 6.45) is 0.717. The molecule has 0 spiro atoms. The van der Waals surface area contributed by atoms with E-state index in [-0.39, 0.29) is 18.0 Å². The van der Waals surface area contributed by atoms with Crippen LogP contribution in [-0.4, -0.2) is 23.5 Å². The van der Waals surface area contributed by atoms with Gasteiger partial charge >= 0.3 is 11.9 Å². The Labute approximate surface area is 139 Å². The first-order chi connectivity index (χ1) is 11.1. The zero-order valence-corrected chi connectivity index (χ0v) is 13.4. The van der Waals surface area contributed by atoms with Crippen molar-refractivity contribution < 1.29 is 19.1 Å². The maximum Gasteiger partial charge on any atom is 0.357 e. The minimum atomic E-state index is -0.606. The van der Waals surface area contributed by atoms with E-state index in [1.165, 1.54) is 12.1 Å². The van der Waals surface area contributed by atoms with Crippen molar-refractivity contribution in [2.75, 3.05) is 6.61 Å². The van der Waals surface area contributed by atoms with Crippen LogP contribution in [0.5, 0.6) is 0 Å². The van der Waals surface area contributed by atoms with E-state index in [9.17, 15) is 9.59 Å². The first-order valence-electron chi connectivity index (χ1n) is 7.16. The van der Waals surface area contributed by atoms with Crippen LogP contribution in [0.15, 0.2) is 42.5 Å². The summed E-state index contributed by atoms with van der Waals surface area (Å²) in [5.74, 6) is -1.16. The van der Waals surface area contributed by atoms with Crippen LogP contribution in [0.4, 0.5) is 0 Å². The fraction of sp³-hybridized carbons (Fsp3) is 0.235. The third-order valence-electron chi connectivity index (χ3n) is 2.89. The maximum absolute atomic E-state index is 12.0. The van der Waals surface area contributed by atoms with Gasteiger partial charge < -0.3 is 9.47 Å². The Hall–Kier alpha value is -2.40. The molecular formula is C17H16ClNO4. The highest BCUT2D eigenvalue weighted by molar-refractivity contribution is 6.30. The highest BCUT2D eigenvalue weighted by atomic mass is 35.5. The van der Waals surface area contributed by atoms with E-state index in [2.05, 4.69) is 4.98 Å². The molecule has 0 unspecified atom stereocenters. The van der Waals surface area contributed by atoms with Gasteiger partial charge in [0, 0.05) is 5.02 Å². The molecule has 1 aromatic heterocycles. The molecule has 0 bridgehead atoms. The Bertz CT molecular complexity index is 685. The van der Waals surface area contributed by atoms with Crippen LogP contribution >= 0.6 is 11.6 Å². The average Bonchev–Trinajstić information content (AvgIpc) is 2.59. The second kappa shape index (κ2) is 8.29. The number of carbonyl (C=O) groups is 2. The number of hydrogen-bond acceptors (Lipinski definition) is 5. The molecule has 5 nitrogen and oxygen atoms in total. The minimum absolute atomic E-state index is 0.0601. The van der Waals surface area contributed by atoms with Gasteiger partial charge in [-0.2, -0.15) is 0 Å². The molecule has 0 aliphatic rings. The van der Waals surface area contributed by atoms with E-state index in [0.29, 0.717) is 18.1 Å². The van der Waals surface area contributed by atoms with Crippen molar-refractivity contribution in [1.29, 1.82) is 0 Å². The molecule has 0 fully saturated rings. The largest absolute Gasteiger partial charge is 0.461 e. The summed E-state index contributed by atoms with van der Waals surface area (Å²) in [6.45, 7) is 2.30. The summed E-state index contributed by atoms with van der Waals surface area (Å²) in [4.78, 5) is 27.7. The van der Waals surface area contributed by atoms with Crippen molar-refractivity contribution >= 4 is 23.5 Å². The molecule has 0 aliphatic carbocycles. The third-order valence-corrected chi connectivity index (χ3v) is 3.14. The highest BCUT2D eigenvalue weighted by Crippen LogP contribution is 2.11. The number of carbonyl (C=O) groups excluding carboxylic acids is 2. The Balaban J connectivity index is 1.99. The van der Waals surface area contributed by atoms with Gasteiger partial charge in [-0.1, -0.05) is 36.7 Å². The summed E-state index contributed by atoms with van der Waals surface area (Å²) in [5.41, 5.74) is 0.950. The minimum Gasteiger partial charge on any atom is -0.461 e. The van der Waals surface area contributed by atoms with Crippen molar-refractivity contribution in [3.63, 3.8) is 0 Å². The zero-order chi connectivity index (χ0) is 16.7. The predicted octanol–water partition coefficient (Wildman–Crippen LogP) is 3.66. The molecule has 120 valence electrons. The van der Waals surface area contributed by atoms with Crippen molar-refractivity contribution in [2.24, 2.45) is 0 Å². The second-order valence-electron chi connectivity index (χ2n) is 4.75. The number of rotatable bonds is 6. The van der Waals surface area contributed by atoms with E-state index in [0.717, 1.165) is 5.56 Å². The molecule has 0 aliphatic heterocycles. The molecule has 0 amide bonds. The third kappa shape index (κ3) is 5.07. The second-order valence-corrected chi connectivity index (χ2v) is 5.18. The van der Waals surface area contributed by atoms with Gasteiger partial charge in [-0.05, 0) is 36.2 Å². The zero-order valence-electron chi connectivity index (χ0n) is 12.6. The average molecular weight is 334 g/mol. The van der Waals surface area contributed by atoms with Gasteiger partial charge in [0.05, 0.1) is 6.61 Å². The summed E-state index contributed by atoms with van der Waals surface area (Å²) >= 11 is 5.79. The van der Waals surface area contributed by atoms with Crippen LogP contribution in [0.3, 0.4) is 0 Å². The summed E-state index contributed by atoms with van der Waals surface area (Å²) in [6, 6.07) is 11.5. The van der Waals surface area contributed by atoms with E-state index < -0.39 is 11.9 Å². The normalized spacial score (nSPS) is 10.2. The SMILES string of the molecule is CCCOC(=O)c1cccc(C(=O)OCc2ccc(Cl)cc2)n1. The van der Waals surface area contributed by atoms with Crippen molar-refractivity contribution in [1.82, 2.24) is 4.98 Å². The summed E-state index contributed by atoms with van der Waals surface area (Å²) in [5, 5.41) is 0.611. The molecule has 23 heavy (non-hydrogen) atoms. The first-order valence-corrected chi connectivity index (χ1v) is 7.53. The molecule has 0 saturated carbocycles. The van der Waals surface area contributed by atoms with E-state index in [4.69, 9.17) is 21.1 Å². The van der Waals surface area contributed by atoms with Gasteiger partial charge in [-0.25, -0.2) is 14.6 Å².